The third-order valence-electron chi connectivity index (χ3n) is 1.22. The average Bonchev–Trinajstić information content (AvgIpc) is 2.05. The fraction of sp³-hybridized carbons (Fsp3) is 0.125. The molecule has 3 heteroatoms. The van der Waals surface area contributed by atoms with Crippen molar-refractivity contribution in [3.63, 3.8) is 0 Å². The molecular formula is C8H8BrClO. The van der Waals surface area contributed by atoms with E-state index in [-0.39, 0.29) is 28.6 Å². The Morgan fingerprint density at radius 3 is 2.27 bits per heavy atom. The second-order valence-corrected chi connectivity index (χ2v) is 2.19. The number of Topliss-reactive ketones (excluding diaryl/α,β-unsaturated/α-hetero) is 1. The summed E-state index contributed by atoms with van der Waals surface area (Å²) in [5.74, 6) is 0.0339. The molecule has 0 bridgehead atoms. The monoisotopic (exact) mass is 234 g/mol. The van der Waals surface area contributed by atoms with E-state index >= 15 is 0 Å². The molecule has 0 atom stereocenters. The van der Waals surface area contributed by atoms with E-state index in [1.807, 2.05) is 18.2 Å². The lowest BCUT2D eigenvalue weighted by molar-refractivity contribution is 0.102. The van der Waals surface area contributed by atoms with Crippen molar-refractivity contribution in [1.82, 2.24) is 0 Å². The molecule has 1 aromatic rings. The van der Waals surface area contributed by atoms with Gasteiger partial charge in [-0.3, -0.25) is 4.79 Å². The standard InChI is InChI=1S/C8H7ClO.BrH/c9-6-8(10)7-4-2-1-3-5-7;/h1-5H,6H2;1H. The Kier molecular flexibility index (Phi) is 5.16. The third-order valence-corrected chi connectivity index (χ3v) is 1.46. The van der Waals surface area contributed by atoms with Gasteiger partial charge >= 0.3 is 0 Å². The predicted molar refractivity (Wildman–Crippen MR) is 51.8 cm³/mol. The van der Waals surface area contributed by atoms with Gasteiger partial charge in [0.1, 0.15) is 0 Å². The molecule has 0 aliphatic rings. The van der Waals surface area contributed by atoms with Gasteiger partial charge in [-0.15, -0.1) is 28.6 Å². The molecular weight excluding hydrogens is 227 g/mol. The Morgan fingerprint density at radius 1 is 1.27 bits per heavy atom. The van der Waals surface area contributed by atoms with Gasteiger partial charge in [0.15, 0.2) is 5.78 Å². The lowest BCUT2D eigenvalue weighted by Crippen LogP contribution is -1.98. The molecule has 1 rings (SSSR count). The summed E-state index contributed by atoms with van der Waals surface area (Å²) in [5, 5.41) is 0. The topological polar surface area (TPSA) is 17.1 Å². The van der Waals surface area contributed by atoms with Crippen molar-refractivity contribution in [2.45, 2.75) is 0 Å². The number of benzene rings is 1. The number of ketones is 1. The van der Waals surface area contributed by atoms with Crippen LogP contribution in [-0.2, 0) is 0 Å². The lowest BCUT2D eigenvalue weighted by atomic mass is 10.2. The van der Waals surface area contributed by atoms with Gasteiger partial charge in [-0.05, 0) is 0 Å². The SMILES string of the molecule is Br.O=C(CCl)c1ccccc1. The number of carbonyl (C=O) groups excluding carboxylic acids is 1. The highest BCUT2D eigenvalue weighted by atomic mass is 79.9. The molecule has 0 N–H and O–H groups in total. The normalized spacial score (nSPS) is 8.45. The van der Waals surface area contributed by atoms with Crippen LogP contribution in [0.1, 0.15) is 10.4 Å². The molecule has 0 amide bonds. The minimum absolute atomic E-state index is 0. The smallest absolute Gasteiger partial charge is 0.177 e. The summed E-state index contributed by atoms with van der Waals surface area (Å²) in [6, 6.07) is 9.01. The van der Waals surface area contributed by atoms with Crippen molar-refractivity contribution >= 4 is 34.4 Å². The van der Waals surface area contributed by atoms with Gasteiger partial charge in [0, 0.05) is 5.56 Å². The summed E-state index contributed by atoms with van der Waals surface area (Å²) >= 11 is 5.34. The maximum atomic E-state index is 10.9. The molecule has 0 fully saturated rings. The van der Waals surface area contributed by atoms with Crippen LogP contribution in [0.5, 0.6) is 0 Å². The number of alkyl halides is 1. The van der Waals surface area contributed by atoms with E-state index in [9.17, 15) is 4.79 Å². The third kappa shape index (κ3) is 3.04. The van der Waals surface area contributed by atoms with Crippen LogP contribution in [0.2, 0.25) is 0 Å². The minimum Gasteiger partial charge on any atom is -0.293 e. The fourth-order valence-corrected chi connectivity index (χ4v) is 0.856. The van der Waals surface area contributed by atoms with Crippen LogP contribution in [0, 0.1) is 0 Å². The molecule has 0 radical (unpaired) electrons. The summed E-state index contributed by atoms with van der Waals surface area (Å²) < 4.78 is 0. The van der Waals surface area contributed by atoms with Crippen LogP contribution in [0.4, 0.5) is 0 Å². The van der Waals surface area contributed by atoms with Crippen molar-refractivity contribution in [2.24, 2.45) is 0 Å². The Labute approximate surface area is 81.1 Å². The van der Waals surface area contributed by atoms with Gasteiger partial charge < -0.3 is 0 Å². The first kappa shape index (κ1) is 10.7. The van der Waals surface area contributed by atoms with Gasteiger partial charge in [-0.1, -0.05) is 30.3 Å². The summed E-state index contributed by atoms with van der Waals surface area (Å²) in [7, 11) is 0. The van der Waals surface area contributed by atoms with Gasteiger partial charge in [-0.2, -0.15) is 0 Å². The van der Waals surface area contributed by atoms with Crippen LogP contribution in [0.15, 0.2) is 30.3 Å². The van der Waals surface area contributed by atoms with Crippen LogP contribution in [-0.4, -0.2) is 11.7 Å². The lowest BCUT2D eigenvalue weighted by Gasteiger charge is -1.92. The number of halogens is 2. The second-order valence-electron chi connectivity index (χ2n) is 1.92. The molecule has 60 valence electrons. The molecule has 0 spiro atoms. The number of hydrogen-bond donors (Lipinski definition) is 0. The van der Waals surface area contributed by atoms with E-state index in [2.05, 4.69) is 0 Å². The van der Waals surface area contributed by atoms with E-state index in [0.717, 1.165) is 0 Å². The van der Waals surface area contributed by atoms with Crippen molar-refractivity contribution in [2.75, 3.05) is 5.88 Å². The molecule has 0 saturated carbocycles. The van der Waals surface area contributed by atoms with Gasteiger partial charge in [0.05, 0.1) is 5.88 Å². The maximum Gasteiger partial charge on any atom is 0.177 e. The molecule has 1 aromatic carbocycles. The van der Waals surface area contributed by atoms with Crippen molar-refractivity contribution in [3.8, 4) is 0 Å². The molecule has 0 heterocycles. The van der Waals surface area contributed by atoms with E-state index in [1.165, 1.54) is 0 Å². The Bertz CT molecular complexity index is 223. The van der Waals surface area contributed by atoms with Gasteiger partial charge in [0.25, 0.3) is 0 Å². The van der Waals surface area contributed by atoms with E-state index in [1.54, 1.807) is 12.1 Å². The largest absolute Gasteiger partial charge is 0.293 e. The Morgan fingerprint density at radius 2 is 1.82 bits per heavy atom. The molecule has 0 saturated heterocycles. The van der Waals surface area contributed by atoms with Crippen LogP contribution in [0.25, 0.3) is 0 Å². The summed E-state index contributed by atoms with van der Waals surface area (Å²) in [4.78, 5) is 10.9. The Hall–Kier alpha value is -0.340. The van der Waals surface area contributed by atoms with Crippen molar-refractivity contribution in [3.05, 3.63) is 35.9 Å². The zero-order chi connectivity index (χ0) is 7.40. The van der Waals surface area contributed by atoms with Crippen molar-refractivity contribution < 1.29 is 4.79 Å². The van der Waals surface area contributed by atoms with Crippen molar-refractivity contribution in [1.29, 1.82) is 0 Å². The first-order valence-corrected chi connectivity index (χ1v) is 3.52. The quantitative estimate of drug-likeness (QED) is 0.569. The second kappa shape index (κ2) is 5.33. The molecule has 0 aliphatic heterocycles. The molecule has 1 nitrogen and oxygen atoms in total. The first-order valence-electron chi connectivity index (χ1n) is 2.99. The van der Waals surface area contributed by atoms with Crippen LogP contribution < -0.4 is 0 Å². The number of carbonyl (C=O) groups is 1. The zero-order valence-corrected chi connectivity index (χ0v) is 8.26. The highest BCUT2D eigenvalue weighted by Gasteiger charge is 1.99. The van der Waals surface area contributed by atoms with E-state index in [0.29, 0.717) is 5.56 Å². The number of rotatable bonds is 2. The Balaban J connectivity index is 0.000001000. The summed E-state index contributed by atoms with van der Waals surface area (Å²) in [5.41, 5.74) is 0.678. The highest BCUT2D eigenvalue weighted by Crippen LogP contribution is 2.00. The van der Waals surface area contributed by atoms with Gasteiger partial charge in [-0.25, -0.2) is 0 Å². The molecule has 11 heavy (non-hydrogen) atoms. The molecule has 0 aliphatic carbocycles. The van der Waals surface area contributed by atoms with Gasteiger partial charge in [0.2, 0.25) is 0 Å². The summed E-state index contributed by atoms with van der Waals surface area (Å²) in [6.07, 6.45) is 0. The minimum atomic E-state index is -0.0257. The molecule has 0 unspecified atom stereocenters. The number of hydrogen-bond acceptors (Lipinski definition) is 1. The average molecular weight is 236 g/mol. The fourth-order valence-electron chi connectivity index (χ4n) is 0.701. The summed E-state index contributed by atoms with van der Waals surface area (Å²) in [6.45, 7) is 0. The molecule has 0 aromatic heterocycles. The maximum absolute atomic E-state index is 10.9. The van der Waals surface area contributed by atoms with Crippen LogP contribution >= 0.6 is 28.6 Å². The highest BCUT2D eigenvalue weighted by molar-refractivity contribution is 8.93. The first-order chi connectivity index (χ1) is 4.84. The van der Waals surface area contributed by atoms with E-state index < -0.39 is 0 Å². The predicted octanol–water partition coefficient (Wildman–Crippen LogP) is 2.69. The van der Waals surface area contributed by atoms with Crippen LogP contribution in [0.3, 0.4) is 0 Å². The van der Waals surface area contributed by atoms with E-state index in [4.69, 9.17) is 11.6 Å². The zero-order valence-electron chi connectivity index (χ0n) is 5.79.